The lowest BCUT2D eigenvalue weighted by Crippen LogP contribution is -2.17. The summed E-state index contributed by atoms with van der Waals surface area (Å²) in [5, 5.41) is 0. The van der Waals surface area contributed by atoms with Crippen LogP contribution in [0.25, 0.3) is 0 Å². The van der Waals surface area contributed by atoms with Gasteiger partial charge in [0.25, 0.3) is 0 Å². The minimum absolute atomic E-state index is 1.05. The molecule has 0 aromatic rings. The maximum Gasteiger partial charge on any atom is 0.0174 e. The number of hydrogen-bond acceptors (Lipinski definition) is 1. The normalized spacial score (nSPS) is 9.27. The first-order valence-corrected chi connectivity index (χ1v) is 4.22. The smallest absolute Gasteiger partial charge is 0.0174 e. The molecular weight excluding hydrogens is 134 g/mol. The Morgan fingerprint density at radius 1 is 1.55 bits per heavy atom. The third kappa shape index (κ3) is 4.65. The van der Waals surface area contributed by atoms with Crippen molar-refractivity contribution in [2.24, 2.45) is 0 Å². The van der Waals surface area contributed by atoms with E-state index in [-0.39, 0.29) is 0 Å². The van der Waals surface area contributed by atoms with Crippen molar-refractivity contribution in [3.63, 3.8) is 0 Å². The third-order valence-corrected chi connectivity index (χ3v) is 1.85. The van der Waals surface area contributed by atoms with Crippen molar-refractivity contribution >= 4 is 0 Å². The van der Waals surface area contributed by atoms with E-state index in [9.17, 15) is 0 Å². The number of nitrogens with zero attached hydrogens (tertiary/aromatic N) is 1. The summed E-state index contributed by atoms with van der Waals surface area (Å²) in [6.07, 6.45) is 5.29. The number of allylic oxidation sites excluding steroid dienone is 2. The minimum Gasteiger partial charge on any atom is -0.378 e. The van der Waals surface area contributed by atoms with Crippen molar-refractivity contribution in [3.8, 4) is 0 Å². The molecule has 0 amide bonds. The van der Waals surface area contributed by atoms with Crippen LogP contribution in [-0.2, 0) is 0 Å². The van der Waals surface area contributed by atoms with Gasteiger partial charge in [-0.05, 0) is 19.3 Å². The van der Waals surface area contributed by atoms with Crippen LogP contribution in [0.3, 0.4) is 0 Å². The molecule has 0 rings (SSSR count). The Kier molecular flexibility index (Phi) is 5.63. The zero-order chi connectivity index (χ0) is 8.69. The van der Waals surface area contributed by atoms with Gasteiger partial charge in [-0.2, -0.15) is 0 Å². The maximum atomic E-state index is 3.95. The van der Waals surface area contributed by atoms with Crippen molar-refractivity contribution in [3.05, 3.63) is 24.9 Å². The first kappa shape index (κ1) is 10.3. The molecule has 1 nitrogen and oxygen atoms in total. The molecule has 0 aromatic carbocycles. The van der Waals surface area contributed by atoms with Gasteiger partial charge in [0.15, 0.2) is 0 Å². The summed E-state index contributed by atoms with van der Waals surface area (Å²) in [6, 6.07) is 0. The Morgan fingerprint density at radius 2 is 2.18 bits per heavy atom. The molecule has 0 aliphatic rings. The van der Waals surface area contributed by atoms with Crippen molar-refractivity contribution in [1.82, 2.24) is 4.90 Å². The lowest BCUT2D eigenvalue weighted by atomic mass is 10.2. The summed E-state index contributed by atoms with van der Waals surface area (Å²) in [4.78, 5) is 2.21. The van der Waals surface area contributed by atoms with Crippen molar-refractivity contribution in [1.29, 1.82) is 0 Å². The van der Waals surface area contributed by atoms with Crippen LogP contribution < -0.4 is 0 Å². The highest BCUT2D eigenvalue weighted by molar-refractivity contribution is 4.90. The average molecular weight is 153 g/mol. The Balaban J connectivity index is 3.43. The Labute approximate surface area is 70.4 Å². The second-order valence-electron chi connectivity index (χ2n) is 2.77. The van der Waals surface area contributed by atoms with Crippen LogP contribution in [-0.4, -0.2) is 18.5 Å². The highest BCUT2D eigenvalue weighted by Gasteiger charge is 1.96. The highest BCUT2D eigenvalue weighted by Crippen LogP contribution is 2.04. The second-order valence-corrected chi connectivity index (χ2v) is 2.77. The third-order valence-electron chi connectivity index (χ3n) is 1.85. The van der Waals surface area contributed by atoms with E-state index in [0.29, 0.717) is 0 Å². The van der Waals surface area contributed by atoms with Gasteiger partial charge in [-0.3, -0.25) is 0 Å². The van der Waals surface area contributed by atoms with Gasteiger partial charge in [0.2, 0.25) is 0 Å². The maximum absolute atomic E-state index is 3.95. The molecule has 0 atom stereocenters. The molecule has 0 saturated carbocycles. The predicted molar refractivity (Wildman–Crippen MR) is 51.5 cm³/mol. The fourth-order valence-electron chi connectivity index (χ4n) is 0.901. The van der Waals surface area contributed by atoms with E-state index in [1.54, 1.807) is 0 Å². The molecule has 0 bridgehead atoms. The summed E-state index contributed by atoms with van der Waals surface area (Å²) in [7, 11) is 2.09. The lowest BCUT2D eigenvalue weighted by Gasteiger charge is -2.19. The van der Waals surface area contributed by atoms with E-state index in [2.05, 4.69) is 32.0 Å². The Hall–Kier alpha value is -0.720. The second kappa shape index (κ2) is 6.02. The number of unbranched alkanes of at least 4 members (excludes halogenated alkanes) is 1. The van der Waals surface area contributed by atoms with Gasteiger partial charge in [0, 0.05) is 19.3 Å². The van der Waals surface area contributed by atoms with Crippen molar-refractivity contribution in [2.45, 2.75) is 26.2 Å². The molecule has 0 unspecified atom stereocenters. The largest absolute Gasteiger partial charge is 0.378 e. The molecule has 0 aliphatic heterocycles. The molecule has 0 aromatic heterocycles. The Morgan fingerprint density at radius 3 is 2.64 bits per heavy atom. The SMILES string of the molecule is C=CCCCN(C)C(=C)CC. The summed E-state index contributed by atoms with van der Waals surface area (Å²) in [6.45, 7) is 10.9. The van der Waals surface area contributed by atoms with E-state index < -0.39 is 0 Å². The molecule has 1 heteroatoms. The lowest BCUT2D eigenvalue weighted by molar-refractivity contribution is 0.400. The molecule has 0 aliphatic carbocycles. The van der Waals surface area contributed by atoms with E-state index in [4.69, 9.17) is 0 Å². The monoisotopic (exact) mass is 153 g/mol. The van der Waals surface area contributed by atoms with E-state index >= 15 is 0 Å². The molecular formula is C10H19N. The first-order chi connectivity index (χ1) is 5.22. The molecule has 0 N–H and O–H groups in total. The number of hydrogen-bond donors (Lipinski definition) is 0. The molecule has 0 saturated heterocycles. The fraction of sp³-hybridized carbons (Fsp3) is 0.600. The molecule has 11 heavy (non-hydrogen) atoms. The fourth-order valence-corrected chi connectivity index (χ4v) is 0.901. The molecule has 64 valence electrons. The van der Waals surface area contributed by atoms with E-state index in [0.717, 1.165) is 19.4 Å². The van der Waals surface area contributed by atoms with E-state index in [1.807, 2.05) is 6.08 Å². The molecule has 0 heterocycles. The topological polar surface area (TPSA) is 3.24 Å². The van der Waals surface area contributed by atoms with Gasteiger partial charge in [-0.1, -0.05) is 19.6 Å². The zero-order valence-electron chi connectivity index (χ0n) is 7.77. The minimum atomic E-state index is 1.05. The standard InChI is InChI=1S/C10H19N/c1-5-7-8-9-11(4)10(3)6-2/h5H,1,3,6-9H2,2,4H3. The van der Waals surface area contributed by atoms with Crippen LogP contribution in [0.2, 0.25) is 0 Å². The Bertz CT molecular complexity index is 127. The summed E-state index contributed by atoms with van der Waals surface area (Å²) < 4.78 is 0. The van der Waals surface area contributed by atoms with E-state index in [1.165, 1.54) is 12.1 Å². The first-order valence-electron chi connectivity index (χ1n) is 4.22. The van der Waals surface area contributed by atoms with Crippen LogP contribution in [0.4, 0.5) is 0 Å². The summed E-state index contributed by atoms with van der Waals surface area (Å²) in [5.74, 6) is 0. The van der Waals surface area contributed by atoms with Crippen LogP contribution >= 0.6 is 0 Å². The van der Waals surface area contributed by atoms with Crippen LogP contribution in [0, 0.1) is 0 Å². The van der Waals surface area contributed by atoms with Gasteiger partial charge in [0.05, 0.1) is 0 Å². The van der Waals surface area contributed by atoms with Crippen LogP contribution in [0.5, 0.6) is 0 Å². The van der Waals surface area contributed by atoms with Gasteiger partial charge in [0.1, 0.15) is 0 Å². The van der Waals surface area contributed by atoms with Gasteiger partial charge >= 0.3 is 0 Å². The quantitative estimate of drug-likeness (QED) is 0.419. The van der Waals surface area contributed by atoms with Crippen LogP contribution in [0.1, 0.15) is 26.2 Å². The average Bonchev–Trinajstić information content (AvgIpc) is 2.03. The van der Waals surface area contributed by atoms with Crippen LogP contribution in [0.15, 0.2) is 24.9 Å². The zero-order valence-corrected chi connectivity index (χ0v) is 7.77. The summed E-state index contributed by atoms with van der Waals surface area (Å²) >= 11 is 0. The predicted octanol–water partition coefficient (Wildman–Crippen LogP) is 2.81. The number of rotatable bonds is 6. The van der Waals surface area contributed by atoms with Crippen molar-refractivity contribution < 1.29 is 0 Å². The van der Waals surface area contributed by atoms with Gasteiger partial charge in [-0.15, -0.1) is 6.58 Å². The van der Waals surface area contributed by atoms with Crippen molar-refractivity contribution in [2.75, 3.05) is 13.6 Å². The molecule has 0 fully saturated rings. The molecule has 0 radical (unpaired) electrons. The van der Waals surface area contributed by atoms with Gasteiger partial charge in [-0.25, -0.2) is 0 Å². The summed E-state index contributed by atoms with van der Waals surface area (Å²) in [5.41, 5.74) is 1.22. The molecule has 0 spiro atoms. The van der Waals surface area contributed by atoms with Gasteiger partial charge < -0.3 is 4.90 Å². The highest BCUT2D eigenvalue weighted by atomic mass is 15.1.